The Kier molecular flexibility index (Phi) is 4.15. The second kappa shape index (κ2) is 6.46. The average Bonchev–Trinajstić information content (AvgIpc) is 3.54. The zero-order valence-corrected chi connectivity index (χ0v) is 13.5. The van der Waals surface area contributed by atoms with Gasteiger partial charge in [-0.25, -0.2) is 9.59 Å². The Morgan fingerprint density at radius 3 is 2.28 bits per heavy atom. The van der Waals surface area contributed by atoms with Crippen molar-refractivity contribution < 1.29 is 28.9 Å². The zero-order valence-electron chi connectivity index (χ0n) is 13.5. The second-order valence-corrected chi connectivity index (χ2v) is 6.45. The molecule has 1 aliphatic heterocycles. The SMILES string of the molecule is O=C(OCC1CO1)c1ccc2cc(C(=O)OC3CC3CO)ccc2c1. The van der Waals surface area contributed by atoms with E-state index in [9.17, 15) is 9.59 Å². The summed E-state index contributed by atoms with van der Waals surface area (Å²) >= 11 is 0. The van der Waals surface area contributed by atoms with E-state index < -0.39 is 5.97 Å². The van der Waals surface area contributed by atoms with E-state index in [-0.39, 0.29) is 37.3 Å². The van der Waals surface area contributed by atoms with Gasteiger partial charge in [0.2, 0.25) is 0 Å². The van der Waals surface area contributed by atoms with Gasteiger partial charge in [0.05, 0.1) is 17.7 Å². The molecule has 2 fully saturated rings. The van der Waals surface area contributed by atoms with Gasteiger partial charge in [0.25, 0.3) is 0 Å². The number of epoxide rings is 1. The van der Waals surface area contributed by atoms with Crippen LogP contribution in [0.15, 0.2) is 36.4 Å². The van der Waals surface area contributed by atoms with Crippen LogP contribution in [0.2, 0.25) is 0 Å². The summed E-state index contributed by atoms with van der Waals surface area (Å²) in [7, 11) is 0. The number of aliphatic hydroxyl groups is 1. The van der Waals surface area contributed by atoms with Crippen LogP contribution in [0.4, 0.5) is 0 Å². The number of carbonyl (C=O) groups excluding carboxylic acids is 2. The maximum Gasteiger partial charge on any atom is 0.338 e. The molecular weight excluding hydrogens is 324 g/mol. The first kappa shape index (κ1) is 16.1. The first-order chi connectivity index (χ1) is 12.1. The molecule has 25 heavy (non-hydrogen) atoms. The normalized spacial score (nSPS) is 24.0. The minimum Gasteiger partial charge on any atom is -0.459 e. The number of benzene rings is 2. The minimum atomic E-state index is -0.393. The maximum atomic E-state index is 12.1. The molecule has 1 saturated carbocycles. The molecule has 2 aromatic carbocycles. The number of carbonyl (C=O) groups is 2. The van der Waals surface area contributed by atoms with Crippen LogP contribution in [0.5, 0.6) is 0 Å². The predicted octanol–water partition coefficient (Wildman–Crippen LogP) is 1.93. The average molecular weight is 342 g/mol. The zero-order chi connectivity index (χ0) is 17.4. The standard InChI is InChI=1S/C19H18O6/c20-8-15-7-17(15)25-19(22)14-4-2-11-5-13(3-1-12(11)6-14)18(21)24-10-16-9-23-16/h1-6,15-17,20H,7-10H2. The van der Waals surface area contributed by atoms with E-state index in [0.29, 0.717) is 24.2 Å². The van der Waals surface area contributed by atoms with Gasteiger partial charge in [-0.2, -0.15) is 0 Å². The van der Waals surface area contributed by atoms with E-state index in [1.165, 1.54) is 0 Å². The fraction of sp³-hybridized carbons (Fsp3) is 0.368. The van der Waals surface area contributed by atoms with Gasteiger partial charge in [-0.05, 0) is 41.5 Å². The number of aliphatic hydroxyl groups excluding tert-OH is 1. The van der Waals surface area contributed by atoms with Gasteiger partial charge in [0, 0.05) is 12.5 Å². The highest BCUT2D eigenvalue weighted by molar-refractivity contribution is 5.99. The molecule has 4 rings (SSSR count). The Bertz CT molecular complexity index is 826. The van der Waals surface area contributed by atoms with Crippen molar-refractivity contribution in [1.29, 1.82) is 0 Å². The van der Waals surface area contributed by atoms with E-state index in [4.69, 9.17) is 19.3 Å². The molecule has 6 heteroatoms. The van der Waals surface area contributed by atoms with Crippen LogP contribution in [0.25, 0.3) is 10.8 Å². The van der Waals surface area contributed by atoms with Crippen LogP contribution < -0.4 is 0 Å². The molecule has 0 aromatic heterocycles. The van der Waals surface area contributed by atoms with Gasteiger partial charge in [-0.3, -0.25) is 0 Å². The van der Waals surface area contributed by atoms with E-state index in [1.54, 1.807) is 36.4 Å². The molecule has 1 N–H and O–H groups in total. The summed E-state index contributed by atoms with van der Waals surface area (Å²) in [6, 6.07) is 10.4. The Labute approximate surface area is 144 Å². The molecule has 3 atom stereocenters. The lowest BCUT2D eigenvalue weighted by Crippen LogP contribution is -2.10. The van der Waals surface area contributed by atoms with Gasteiger partial charge >= 0.3 is 11.9 Å². The van der Waals surface area contributed by atoms with Crippen molar-refractivity contribution in [2.24, 2.45) is 5.92 Å². The summed E-state index contributed by atoms with van der Waals surface area (Å²) in [6.07, 6.45) is 0.573. The highest BCUT2D eigenvalue weighted by Gasteiger charge is 2.40. The molecule has 1 aliphatic carbocycles. The van der Waals surface area contributed by atoms with Gasteiger partial charge in [0.1, 0.15) is 18.8 Å². The number of fused-ring (bicyclic) bond motifs is 1. The van der Waals surface area contributed by atoms with Gasteiger partial charge in [0.15, 0.2) is 0 Å². The maximum absolute atomic E-state index is 12.1. The topological polar surface area (TPSA) is 85.4 Å². The predicted molar refractivity (Wildman–Crippen MR) is 88.4 cm³/mol. The molecule has 3 unspecified atom stereocenters. The summed E-state index contributed by atoms with van der Waals surface area (Å²) < 4.78 is 15.5. The van der Waals surface area contributed by atoms with Gasteiger partial charge in [-0.1, -0.05) is 12.1 Å². The third kappa shape index (κ3) is 3.65. The van der Waals surface area contributed by atoms with E-state index >= 15 is 0 Å². The summed E-state index contributed by atoms with van der Waals surface area (Å²) in [5, 5.41) is 10.7. The molecule has 6 nitrogen and oxygen atoms in total. The van der Waals surface area contributed by atoms with E-state index in [0.717, 1.165) is 10.8 Å². The van der Waals surface area contributed by atoms with Crippen molar-refractivity contribution >= 4 is 22.7 Å². The molecule has 2 aliphatic rings. The van der Waals surface area contributed by atoms with Crippen molar-refractivity contribution in [2.45, 2.75) is 18.6 Å². The lowest BCUT2D eigenvalue weighted by Gasteiger charge is -2.07. The Morgan fingerprint density at radius 2 is 1.72 bits per heavy atom. The van der Waals surface area contributed by atoms with Crippen LogP contribution in [-0.2, 0) is 14.2 Å². The third-order valence-electron chi connectivity index (χ3n) is 4.46. The van der Waals surface area contributed by atoms with Crippen LogP contribution in [0.1, 0.15) is 27.1 Å². The van der Waals surface area contributed by atoms with Crippen molar-refractivity contribution in [1.82, 2.24) is 0 Å². The van der Waals surface area contributed by atoms with E-state index in [1.807, 2.05) is 0 Å². The van der Waals surface area contributed by atoms with Gasteiger partial charge < -0.3 is 19.3 Å². The molecule has 1 saturated heterocycles. The molecule has 130 valence electrons. The lowest BCUT2D eigenvalue weighted by atomic mass is 10.0. The van der Waals surface area contributed by atoms with Crippen LogP contribution >= 0.6 is 0 Å². The molecule has 0 spiro atoms. The van der Waals surface area contributed by atoms with Crippen molar-refractivity contribution in [3.63, 3.8) is 0 Å². The smallest absolute Gasteiger partial charge is 0.338 e. The van der Waals surface area contributed by atoms with Crippen LogP contribution in [0, 0.1) is 5.92 Å². The van der Waals surface area contributed by atoms with Crippen molar-refractivity contribution in [3.05, 3.63) is 47.5 Å². The van der Waals surface area contributed by atoms with Crippen LogP contribution in [-0.4, -0.2) is 49.1 Å². The fourth-order valence-electron chi connectivity index (χ4n) is 2.68. The van der Waals surface area contributed by atoms with Crippen molar-refractivity contribution in [2.75, 3.05) is 19.8 Å². The summed E-state index contributed by atoms with van der Waals surface area (Å²) in [6.45, 7) is 0.961. The van der Waals surface area contributed by atoms with Crippen molar-refractivity contribution in [3.8, 4) is 0 Å². The Morgan fingerprint density at radius 1 is 1.08 bits per heavy atom. The molecule has 0 amide bonds. The molecule has 1 heterocycles. The molecule has 2 aromatic rings. The Hall–Kier alpha value is -2.44. The molecule has 0 bridgehead atoms. The van der Waals surface area contributed by atoms with Gasteiger partial charge in [-0.15, -0.1) is 0 Å². The first-order valence-corrected chi connectivity index (χ1v) is 8.28. The summed E-state index contributed by atoms with van der Waals surface area (Å²) in [5.41, 5.74) is 0.921. The monoisotopic (exact) mass is 342 g/mol. The largest absolute Gasteiger partial charge is 0.459 e. The molecule has 0 radical (unpaired) electrons. The van der Waals surface area contributed by atoms with Crippen LogP contribution in [0.3, 0.4) is 0 Å². The number of esters is 2. The number of ether oxygens (including phenoxy) is 3. The quantitative estimate of drug-likeness (QED) is 0.638. The minimum absolute atomic E-state index is 0.0369. The first-order valence-electron chi connectivity index (χ1n) is 8.28. The number of rotatable bonds is 6. The summed E-state index contributed by atoms with van der Waals surface area (Å²) in [5.74, 6) is -0.709. The highest BCUT2D eigenvalue weighted by Crippen LogP contribution is 2.33. The number of hydrogen-bond acceptors (Lipinski definition) is 6. The van der Waals surface area contributed by atoms with E-state index in [2.05, 4.69) is 0 Å². The highest BCUT2D eigenvalue weighted by atomic mass is 16.6. The summed E-state index contributed by atoms with van der Waals surface area (Å²) in [4.78, 5) is 24.2. The Balaban J connectivity index is 1.46. The fourth-order valence-corrected chi connectivity index (χ4v) is 2.68. The number of hydrogen-bond donors (Lipinski definition) is 1. The second-order valence-electron chi connectivity index (χ2n) is 6.45. The third-order valence-corrected chi connectivity index (χ3v) is 4.46. The molecular formula is C19H18O6. The lowest BCUT2D eigenvalue weighted by molar-refractivity contribution is 0.0434.